The number of benzene rings is 1. The highest BCUT2D eigenvalue weighted by Gasteiger charge is 2.20. The van der Waals surface area contributed by atoms with Gasteiger partial charge in [0.15, 0.2) is 6.20 Å². The number of carbonyl (C=O) groups is 2. The van der Waals surface area contributed by atoms with Gasteiger partial charge in [-0.15, -0.1) is 0 Å². The van der Waals surface area contributed by atoms with Gasteiger partial charge in [-0.2, -0.15) is 4.73 Å². The second kappa shape index (κ2) is 8.19. The van der Waals surface area contributed by atoms with Crippen LogP contribution in [0.5, 0.6) is 0 Å². The zero-order valence-electron chi connectivity index (χ0n) is 12.6. The Labute approximate surface area is 138 Å². The van der Waals surface area contributed by atoms with E-state index in [4.69, 9.17) is 0 Å². The third-order valence-corrected chi connectivity index (χ3v) is 4.11. The Hall–Kier alpha value is -2.54. The first-order valence-electron chi connectivity index (χ1n) is 7.03. The first-order chi connectivity index (χ1) is 11.1. The van der Waals surface area contributed by atoms with E-state index in [0.717, 1.165) is 17.3 Å². The smallest absolute Gasteiger partial charge is 0.321 e. The fourth-order valence-electron chi connectivity index (χ4n) is 1.77. The molecule has 0 unspecified atom stereocenters. The van der Waals surface area contributed by atoms with Gasteiger partial charge in [0.05, 0.1) is 5.25 Å². The minimum absolute atomic E-state index is 0.334. The summed E-state index contributed by atoms with van der Waals surface area (Å²) in [5.41, 5.74) is 0.939. The van der Waals surface area contributed by atoms with Crippen LogP contribution in [0.4, 0.5) is 4.79 Å². The Morgan fingerprint density at radius 2 is 1.87 bits per heavy atom. The third kappa shape index (κ3) is 5.30. The molecule has 1 atom stereocenters. The van der Waals surface area contributed by atoms with Gasteiger partial charge in [0.1, 0.15) is 0 Å². The van der Waals surface area contributed by atoms with E-state index >= 15 is 0 Å². The number of hydrogen-bond donors (Lipinski definition) is 2. The number of imide groups is 1. The number of nitrogens with one attached hydrogen (secondary N) is 2. The molecule has 1 aromatic carbocycles. The summed E-state index contributed by atoms with van der Waals surface area (Å²) in [6.45, 7) is 1.97. The van der Waals surface area contributed by atoms with Crippen LogP contribution >= 0.6 is 11.8 Å². The van der Waals surface area contributed by atoms with Crippen LogP contribution in [0.1, 0.15) is 12.5 Å². The van der Waals surface area contributed by atoms with Crippen LogP contribution < -0.4 is 15.4 Å². The van der Waals surface area contributed by atoms with Crippen LogP contribution in [-0.4, -0.2) is 17.2 Å². The van der Waals surface area contributed by atoms with Crippen molar-refractivity contribution in [2.24, 2.45) is 0 Å². The van der Waals surface area contributed by atoms with Crippen LogP contribution in [0, 0.1) is 5.21 Å². The van der Waals surface area contributed by atoms with Crippen LogP contribution in [0.25, 0.3) is 0 Å². The van der Waals surface area contributed by atoms with Crippen molar-refractivity contribution in [3.8, 4) is 0 Å². The fourth-order valence-corrected chi connectivity index (χ4v) is 2.62. The van der Waals surface area contributed by atoms with Gasteiger partial charge in [0.2, 0.25) is 5.91 Å². The Balaban J connectivity index is 1.81. The lowest BCUT2D eigenvalue weighted by molar-refractivity contribution is -0.645. The zero-order valence-corrected chi connectivity index (χ0v) is 13.4. The topological polar surface area (TPSA) is 85.1 Å². The summed E-state index contributed by atoms with van der Waals surface area (Å²) in [4.78, 5) is 23.7. The van der Waals surface area contributed by atoms with Crippen LogP contribution in [0.3, 0.4) is 0 Å². The maximum Gasteiger partial charge on any atom is 0.321 e. The maximum atomic E-state index is 12.0. The van der Waals surface area contributed by atoms with Gasteiger partial charge in [-0.1, -0.05) is 30.3 Å². The van der Waals surface area contributed by atoms with Crippen molar-refractivity contribution in [1.29, 1.82) is 0 Å². The lowest BCUT2D eigenvalue weighted by Gasteiger charge is -2.11. The number of aromatic nitrogens is 1. The predicted octanol–water partition coefficient (Wildman–Crippen LogP) is 1.83. The van der Waals surface area contributed by atoms with Gasteiger partial charge < -0.3 is 10.5 Å². The standard InChI is InChI=1S/C16H17N3O3S/c1-12(23-14-9-5-6-10-19(14)22)15(20)18-16(21)17-11-13-7-3-2-4-8-13/h2-10,12H,11H2,1H3,(H2,17,18,20,21)/t12-/m1/s1. The van der Waals surface area contributed by atoms with E-state index in [-0.39, 0.29) is 0 Å². The number of amides is 3. The lowest BCUT2D eigenvalue weighted by Crippen LogP contribution is -2.42. The molecule has 0 aliphatic rings. The fraction of sp³-hybridized carbons (Fsp3) is 0.188. The van der Waals surface area contributed by atoms with Gasteiger partial charge in [-0.3, -0.25) is 10.1 Å². The summed E-state index contributed by atoms with van der Waals surface area (Å²) in [6.07, 6.45) is 1.36. The molecular weight excluding hydrogens is 314 g/mol. The van der Waals surface area contributed by atoms with Crippen molar-refractivity contribution < 1.29 is 14.3 Å². The Bertz CT molecular complexity index is 679. The average Bonchev–Trinajstić information content (AvgIpc) is 2.56. The second-order valence-electron chi connectivity index (χ2n) is 4.78. The molecule has 0 saturated carbocycles. The number of carbonyl (C=O) groups excluding carboxylic acids is 2. The molecule has 0 aliphatic heterocycles. The van der Waals surface area contributed by atoms with Crippen molar-refractivity contribution >= 4 is 23.7 Å². The number of hydrogen-bond acceptors (Lipinski definition) is 4. The first-order valence-corrected chi connectivity index (χ1v) is 7.91. The van der Waals surface area contributed by atoms with Crippen LogP contribution in [0.15, 0.2) is 59.8 Å². The number of nitrogens with zero attached hydrogens (tertiary/aromatic N) is 1. The summed E-state index contributed by atoms with van der Waals surface area (Å²) >= 11 is 1.09. The van der Waals surface area contributed by atoms with E-state index in [0.29, 0.717) is 16.3 Å². The zero-order chi connectivity index (χ0) is 16.7. The molecule has 2 aromatic rings. The predicted molar refractivity (Wildman–Crippen MR) is 87.5 cm³/mol. The highest BCUT2D eigenvalue weighted by atomic mass is 32.2. The minimum atomic E-state index is -0.569. The molecule has 0 spiro atoms. The van der Waals surface area contributed by atoms with E-state index in [2.05, 4.69) is 10.6 Å². The lowest BCUT2D eigenvalue weighted by atomic mass is 10.2. The number of rotatable bonds is 5. The molecule has 0 aliphatic carbocycles. The van der Waals surface area contributed by atoms with Gasteiger partial charge in [0, 0.05) is 18.7 Å². The largest absolute Gasteiger partial charge is 0.618 e. The Morgan fingerprint density at radius 3 is 2.57 bits per heavy atom. The maximum absolute atomic E-state index is 12.0. The van der Waals surface area contributed by atoms with E-state index in [9.17, 15) is 14.8 Å². The molecule has 0 fully saturated rings. The SMILES string of the molecule is C[C@@H](Sc1cccc[n+]1[O-])C(=O)NC(=O)NCc1ccccc1. The van der Waals surface area contributed by atoms with E-state index in [1.165, 1.54) is 6.20 Å². The molecule has 1 heterocycles. The number of urea groups is 1. The summed E-state index contributed by atoms with van der Waals surface area (Å²) in [6, 6.07) is 13.8. The third-order valence-electron chi connectivity index (χ3n) is 2.99. The van der Waals surface area contributed by atoms with Gasteiger partial charge >= 0.3 is 6.03 Å². The minimum Gasteiger partial charge on any atom is -0.618 e. The van der Waals surface area contributed by atoms with E-state index in [1.54, 1.807) is 25.1 Å². The summed E-state index contributed by atoms with van der Waals surface area (Å²) in [5.74, 6) is -0.454. The van der Waals surface area contributed by atoms with Crippen molar-refractivity contribution in [1.82, 2.24) is 10.6 Å². The molecule has 120 valence electrons. The van der Waals surface area contributed by atoms with E-state index in [1.807, 2.05) is 30.3 Å². The van der Waals surface area contributed by atoms with Gasteiger partial charge in [-0.05, 0) is 30.3 Å². The molecule has 0 saturated heterocycles. The Kier molecular flexibility index (Phi) is 5.99. The molecule has 2 rings (SSSR count). The normalized spacial score (nSPS) is 11.5. The van der Waals surface area contributed by atoms with Crippen LogP contribution in [-0.2, 0) is 11.3 Å². The molecular formula is C16H17N3O3S. The highest BCUT2D eigenvalue weighted by Crippen LogP contribution is 2.19. The van der Waals surface area contributed by atoms with E-state index < -0.39 is 17.2 Å². The summed E-state index contributed by atoms with van der Waals surface area (Å²) < 4.78 is 0.684. The molecule has 7 heteroatoms. The molecule has 0 radical (unpaired) electrons. The second-order valence-corrected chi connectivity index (χ2v) is 6.14. The Morgan fingerprint density at radius 1 is 1.17 bits per heavy atom. The van der Waals surface area contributed by atoms with Crippen molar-refractivity contribution in [3.05, 3.63) is 65.5 Å². The first kappa shape index (κ1) is 16.8. The molecule has 1 aromatic heterocycles. The molecule has 23 heavy (non-hydrogen) atoms. The molecule has 6 nitrogen and oxygen atoms in total. The van der Waals surface area contributed by atoms with Gasteiger partial charge in [-0.25, -0.2) is 4.79 Å². The highest BCUT2D eigenvalue weighted by molar-refractivity contribution is 8.00. The van der Waals surface area contributed by atoms with Gasteiger partial charge in [0.25, 0.3) is 5.03 Å². The average molecular weight is 331 g/mol. The molecule has 3 amide bonds. The van der Waals surface area contributed by atoms with Crippen molar-refractivity contribution in [3.63, 3.8) is 0 Å². The van der Waals surface area contributed by atoms with Crippen molar-refractivity contribution in [2.75, 3.05) is 0 Å². The monoisotopic (exact) mass is 331 g/mol. The summed E-state index contributed by atoms with van der Waals surface area (Å²) in [7, 11) is 0. The molecule has 0 bridgehead atoms. The van der Waals surface area contributed by atoms with Crippen LogP contribution in [0.2, 0.25) is 0 Å². The number of thioether (sulfide) groups is 1. The molecule has 2 N–H and O–H groups in total. The van der Waals surface area contributed by atoms with Crippen molar-refractivity contribution in [2.45, 2.75) is 23.7 Å². The quantitative estimate of drug-likeness (QED) is 0.497. The number of pyridine rings is 1. The summed E-state index contributed by atoms with van der Waals surface area (Å²) in [5, 5.41) is 16.3.